The number of amides is 2. The maximum atomic E-state index is 11.7. The van der Waals surface area contributed by atoms with Crippen LogP contribution in [0, 0.1) is 11.3 Å². The molecule has 22 heavy (non-hydrogen) atoms. The predicted molar refractivity (Wildman–Crippen MR) is 82.7 cm³/mol. The number of nitrogens with zero attached hydrogens (tertiary/aromatic N) is 3. The molecule has 1 aliphatic rings. The number of rotatable bonds is 3. The Morgan fingerprint density at radius 1 is 1.18 bits per heavy atom. The molecule has 1 N–H and O–H groups in total. The van der Waals surface area contributed by atoms with Gasteiger partial charge in [-0.2, -0.15) is 5.26 Å². The fourth-order valence-corrected chi connectivity index (χ4v) is 2.30. The number of para-hydroxylation sites is 1. The number of imide groups is 1. The Kier molecular flexibility index (Phi) is 5.15. The van der Waals surface area contributed by atoms with Gasteiger partial charge in [-0.05, 0) is 12.1 Å². The molecule has 114 valence electrons. The molecule has 0 bridgehead atoms. The molecule has 0 unspecified atom stereocenters. The summed E-state index contributed by atoms with van der Waals surface area (Å²) >= 11 is 0. The SMILES string of the molecule is CC(=O)NC(=O)/C(C#N)=C/N1CCN(c2ccccc2)CC1. The second-order valence-corrected chi connectivity index (χ2v) is 5.02. The summed E-state index contributed by atoms with van der Waals surface area (Å²) in [6, 6.07) is 11.9. The van der Waals surface area contributed by atoms with Gasteiger partial charge in [-0.1, -0.05) is 18.2 Å². The van der Waals surface area contributed by atoms with E-state index in [0.717, 1.165) is 13.1 Å². The molecule has 1 saturated heterocycles. The number of anilines is 1. The van der Waals surface area contributed by atoms with Crippen molar-refractivity contribution in [1.82, 2.24) is 10.2 Å². The molecule has 1 heterocycles. The third-order valence-electron chi connectivity index (χ3n) is 3.40. The van der Waals surface area contributed by atoms with Gasteiger partial charge in [-0.15, -0.1) is 0 Å². The number of nitriles is 1. The Morgan fingerprint density at radius 2 is 1.82 bits per heavy atom. The molecule has 0 radical (unpaired) electrons. The quantitative estimate of drug-likeness (QED) is 0.662. The minimum Gasteiger partial charge on any atom is -0.373 e. The summed E-state index contributed by atoms with van der Waals surface area (Å²) in [5.74, 6) is -1.12. The molecule has 0 atom stereocenters. The molecule has 0 saturated carbocycles. The molecule has 6 nitrogen and oxygen atoms in total. The van der Waals surface area contributed by atoms with Gasteiger partial charge in [0.2, 0.25) is 5.91 Å². The number of carbonyl (C=O) groups excluding carboxylic acids is 2. The normalized spacial score (nSPS) is 15.2. The molecule has 0 spiro atoms. The van der Waals surface area contributed by atoms with Gasteiger partial charge in [0.25, 0.3) is 5.91 Å². The van der Waals surface area contributed by atoms with Crippen molar-refractivity contribution in [2.24, 2.45) is 0 Å². The van der Waals surface area contributed by atoms with Crippen LogP contribution in [0.4, 0.5) is 5.69 Å². The molecule has 1 fully saturated rings. The van der Waals surface area contributed by atoms with E-state index in [1.54, 1.807) is 0 Å². The molecule has 0 aliphatic carbocycles. The average molecular weight is 298 g/mol. The lowest BCUT2D eigenvalue weighted by atomic mass is 10.2. The Morgan fingerprint density at radius 3 is 2.36 bits per heavy atom. The van der Waals surface area contributed by atoms with Gasteiger partial charge in [0.15, 0.2) is 0 Å². The van der Waals surface area contributed by atoms with Crippen molar-refractivity contribution < 1.29 is 9.59 Å². The van der Waals surface area contributed by atoms with E-state index in [9.17, 15) is 9.59 Å². The number of nitrogens with one attached hydrogen (secondary N) is 1. The summed E-state index contributed by atoms with van der Waals surface area (Å²) < 4.78 is 0. The molecule has 6 heteroatoms. The topological polar surface area (TPSA) is 76.4 Å². The van der Waals surface area contributed by atoms with Crippen LogP contribution in [0.25, 0.3) is 0 Å². The zero-order valence-corrected chi connectivity index (χ0v) is 12.5. The summed E-state index contributed by atoms with van der Waals surface area (Å²) in [4.78, 5) is 26.7. The van der Waals surface area contributed by atoms with Gasteiger partial charge in [0, 0.05) is 45.0 Å². The summed E-state index contributed by atoms with van der Waals surface area (Å²) in [6.07, 6.45) is 1.53. The largest absolute Gasteiger partial charge is 0.373 e. The summed E-state index contributed by atoms with van der Waals surface area (Å²) in [6.45, 7) is 4.30. The fourth-order valence-electron chi connectivity index (χ4n) is 2.30. The van der Waals surface area contributed by atoms with E-state index in [0.29, 0.717) is 13.1 Å². The zero-order chi connectivity index (χ0) is 15.9. The van der Waals surface area contributed by atoms with Crippen molar-refractivity contribution in [3.05, 3.63) is 42.1 Å². The van der Waals surface area contributed by atoms with E-state index in [4.69, 9.17) is 5.26 Å². The summed E-state index contributed by atoms with van der Waals surface area (Å²) in [7, 11) is 0. The monoisotopic (exact) mass is 298 g/mol. The number of carbonyl (C=O) groups is 2. The van der Waals surface area contributed by atoms with Crippen LogP contribution in [0.3, 0.4) is 0 Å². The molecular weight excluding hydrogens is 280 g/mol. The number of hydrogen-bond acceptors (Lipinski definition) is 5. The second-order valence-electron chi connectivity index (χ2n) is 5.02. The molecule has 1 aromatic carbocycles. The molecule has 2 amide bonds. The van der Waals surface area contributed by atoms with Crippen molar-refractivity contribution in [2.75, 3.05) is 31.1 Å². The van der Waals surface area contributed by atoms with Crippen LogP contribution in [0.2, 0.25) is 0 Å². The first-order valence-corrected chi connectivity index (χ1v) is 7.08. The Hall–Kier alpha value is -2.81. The van der Waals surface area contributed by atoms with E-state index in [2.05, 4.69) is 22.3 Å². The first-order chi connectivity index (χ1) is 10.6. The first kappa shape index (κ1) is 15.6. The predicted octanol–water partition coefficient (Wildman–Crippen LogP) is 0.879. The average Bonchev–Trinajstić information content (AvgIpc) is 2.53. The third kappa shape index (κ3) is 4.09. The van der Waals surface area contributed by atoms with Gasteiger partial charge in [-0.25, -0.2) is 0 Å². The molecular formula is C16H18N4O2. The van der Waals surface area contributed by atoms with Crippen LogP contribution in [0.1, 0.15) is 6.92 Å². The van der Waals surface area contributed by atoms with Gasteiger partial charge >= 0.3 is 0 Å². The molecule has 1 aliphatic heterocycles. The summed E-state index contributed by atoms with van der Waals surface area (Å²) in [5.41, 5.74) is 1.12. The Labute approximate surface area is 129 Å². The second kappa shape index (κ2) is 7.27. The maximum absolute atomic E-state index is 11.7. The lowest BCUT2D eigenvalue weighted by Gasteiger charge is -2.35. The van der Waals surface area contributed by atoms with Crippen LogP contribution in [-0.4, -0.2) is 42.9 Å². The third-order valence-corrected chi connectivity index (χ3v) is 3.40. The van der Waals surface area contributed by atoms with E-state index in [-0.39, 0.29) is 5.57 Å². The van der Waals surface area contributed by atoms with Crippen LogP contribution in [0.15, 0.2) is 42.1 Å². The minimum absolute atomic E-state index is 0.0524. The number of hydrogen-bond donors (Lipinski definition) is 1. The fraction of sp³-hybridized carbons (Fsp3) is 0.312. The lowest BCUT2D eigenvalue weighted by Crippen LogP contribution is -2.44. The summed E-state index contributed by atoms with van der Waals surface area (Å²) in [5, 5.41) is 11.2. The highest BCUT2D eigenvalue weighted by molar-refractivity contribution is 6.05. The standard InChI is InChI=1S/C16H18N4O2/c1-13(21)18-16(22)14(11-17)12-19-7-9-20(10-8-19)15-5-3-2-4-6-15/h2-6,12H,7-10H2,1H3,(H,18,21,22)/b14-12+. The van der Waals surface area contributed by atoms with E-state index >= 15 is 0 Å². The van der Waals surface area contributed by atoms with Crippen LogP contribution in [-0.2, 0) is 9.59 Å². The smallest absolute Gasteiger partial charge is 0.269 e. The lowest BCUT2D eigenvalue weighted by molar-refractivity contribution is -0.126. The highest BCUT2D eigenvalue weighted by atomic mass is 16.2. The molecule has 0 aromatic heterocycles. The Bertz CT molecular complexity index is 611. The van der Waals surface area contributed by atoms with Gasteiger partial charge in [0.05, 0.1) is 0 Å². The maximum Gasteiger partial charge on any atom is 0.269 e. The van der Waals surface area contributed by atoms with Crippen LogP contribution >= 0.6 is 0 Å². The van der Waals surface area contributed by atoms with E-state index in [1.807, 2.05) is 29.2 Å². The molecule has 2 rings (SSSR count). The minimum atomic E-state index is -0.652. The van der Waals surface area contributed by atoms with Crippen molar-refractivity contribution >= 4 is 17.5 Å². The van der Waals surface area contributed by atoms with Gasteiger partial charge < -0.3 is 9.80 Å². The van der Waals surface area contributed by atoms with Crippen molar-refractivity contribution in [1.29, 1.82) is 5.26 Å². The number of benzene rings is 1. The van der Waals surface area contributed by atoms with Crippen molar-refractivity contribution in [3.8, 4) is 6.07 Å². The van der Waals surface area contributed by atoms with Gasteiger partial charge in [0.1, 0.15) is 11.6 Å². The van der Waals surface area contributed by atoms with Crippen molar-refractivity contribution in [2.45, 2.75) is 6.92 Å². The highest BCUT2D eigenvalue weighted by Gasteiger charge is 2.17. The highest BCUT2D eigenvalue weighted by Crippen LogP contribution is 2.15. The Balaban J connectivity index is 1.96. The first-order valence-electron chi connectivity index (χ1n) is 7.08. The van der Waals surface area contributed by atoms with E-state index < -0.39 is 11.8 Å². The van der Waals surface area contributed by atoms with E-state index in [1.165, 1.54) is 18.8 Å². The van der Waals surface area contributed by atoms with Crippen LogP contribution < -0.4 is 10.2 Å². The zero-order valence-electron chi connectivity index (χ0n) is 12.5. The van der Waals surface area contributed by atoms with Crippen LogP contribution in [0.5, 0.6) is 0 Å². The van der Waals surface area contributed by atoms with Crippen molar-refractivity contribution in [3.63, 3.8) is 0 Å². The van der Waals surface area contributed by atoms with Gasteiger partial charge in [-0.3, -0.25) is 14.9 Å². The molecule has 1 aromatic rings. The number of piperazine rings is 1.